The minimum Gasteiger partial charge on any atom is -0.448 e. The fourth-order valence-electron chi connectivity index (χ4n) is 5.54. The molecule has 3 amide bonds. The van der Waals surface area contributed by atoms with Gasteiger partial charge in [0.05, 0.1) is 25.4 Å². The van der Waals surface area contributed by atoms with Crippen LogP contribution in [0.5, 0.6) is 0 Å². The van der Waals surface area contributed by atoms with Crippen LogP contribution in [0.25, 0.3) is 0 Å². The van der Waals surface area contributed by atoms with E-state index in [4.69, 9.17) is 4.74 Å². The maximum absolute atomic E-state index is 13.5. The molecule has 11 nitrogen and oxygen atoms in total. The molecule has 1 fully saturated rings. The molecule has 0 bridgehead atoms. The molecule has 2 aliphatic rings. The quantitative estimate of drug-likeness (QED) is 0.383. The number of likely N-dealkylation sites (N-methyl/N-ethyl adjacent to an activating group) is 1. The molecule has 1 aromatic heterocycles. The Morgan fingerprint density at radius 2 is 1.56 bits per heavy atom. The summed E-state index contributed by atoms with van der Waals surface area (Å²) in [7, 11) is 2.12. The molecule has 228 valence electrons. The average Bonchev–Trinajstić information content (AvgIpc) is 3.61. The van der Waals surface area contributed by atoms with Gasteiger partial charge in [0.15, 0.2) is 5.82 Å². The molecule has 2 N–H and O–H groups in total. The van der Waals surface area contributed by atoms with Crippen molar-refractivity contribution in [2.24, 2.45) is 0 Å². The van der Waals surface area contributed by atoms with Crippen LogP contribution < -0.4 is 15.5 Å². The number of ether oxygens (including phenoxy) is 1. The number of piperazine rings is 1. The molecule has 2 aromatic carbocycles. The molecule has 0 saturated carbocycles. The first-order valence-corrected chi connectivity index (χ1v) is 15.1. The van der Waals surface area contributed by atoms with Crippen LogP contribution in [0.1, 0.15) is 59.9 Å². The van der Waals surface area contributed by atoms with E-state index < -0.39 is 6.09 Å². The summed E-state index contributed by atoms with van der Waals surface area (Å²) in [5, 5.41) is 10.4. The number of carbonyl (C=O) groups excluding carboxylic acids is 3. The number of nitrogens with one attached hydrogen (secondary N) is 2. The van der Waals surface area contributed by atoms with Crippen LogP contribution in [0.15, 0.2) is 42.5 Å². The van der Waals surface area contributed by atoms with E-state index in [1.54, 1.807) is 17.0 Å². The lowest BCUT2D eigenvalue weighted by atomic mass is 10.0. The Morgan fingerprint density at radius 1 is 0.884 bits per heavy atom. The first-order valence-electron chi connectivity index (χ1n) is 15.1. The SMILES string of the molecule is CCCOC(=O)n1nc(NC(=O)c2ccc(N3CCN(C)CC3)cc2)c2c1CN(C(=O)Nc1c(CC)cccc1CC)C2. The van der Waals surface area contributed by atoms with Crippen LogP contribution in [-0.4, -0.2) is 77.4 Å². The zero-order chi connectivity index (χ0) is 30.5. The number of aryl methyl sites for hydroxylation is 2. The number of para-hydroxylation sites is 1. The number of rotatable bonds is 8. The van der Waals surface area contributed by atoms with Crippen molar-refractivity contribution in [1.29, 1.82) is 0 Å². The van der Waals surface area contributed by atoms with E-state index in [0.717, 1.165) is 61.5 Å². The van der Waals surface area contributed by atoms with Crippen LogP contribution in [0.3, 0.4) is 0 Å². The first kappa shape index (κ1) is 30.1. The number of benzene rings is 2. The lowest BCUT2D eigenvalue weighted by Gasteiger charge is -2.34. The highest BCUT2D eigenvalue weighted by Crippen LogP contribution is 2.31. The van der Waals surface area contributed by atoms with Crippen molar-refractivity contribution < 1.29 is 19.1 Å². The van der Waals surface area contributed by atoms with Gasteiger partial charge in [-0.3, -0.25) is 4.79 Å². The Kier molecular flexibility index (Phi) is 9.30. The predicted molar refractivity (Wildman–Crippen MR) is 167 cm³/mol. The lowest BCUT2D eigenvalue weighted by molar-refractivity contribution is 0.102. The molecular formula is C32H41N7O4. The minimum atomic E-state index is -0.637. The van der Waals surface area contributed by atoms with Gasteiger partial charge >= 0.3 is 12.1 Å². The number of carbonyl (C=O) groups is 3. The van der Waals surface area contributed by atoms with Crippen molar-refractivity contribution in [3.05, 3.63) is 70.4 Å². The molecule has 2 aliphatic heterocycles. The van der Waals surface area contributed by atoms with Crippen LogP contribution >= 0.6 is 0 Å². The smallest absolute Gasteiger partial charge is 0.435 e. The molecule has 1 saturated heterocycles. The molecule has 0 aliphatic carbocycles. The molecule has 0 spiro atoms. The summed E-state index contributed by atoms with van der Waals surface area (Å²) in [6, 6.07) is 13.3. The number of aromatic nitrogens is 2. The maximum atomic E-state index is 13.5. The van der Waals surface area contributed by atoms with Gasteiger partial charge in [-0.05, 0) is 61.7 Å². The molecule has 11 heteroatoms. The molecule has 43 heavy (non-hydrogen) atoms. The standard InChI is InChI=1S/C32H41N7O4/c1-5-19-43-32(42)39-27-21-38(31(41)33-28-22(6-2)9-8-10-23(28)7-3)20-26(27)29(35-39)34-30(40)24-11-13-25(14-12-24)37-17-15-36(4)16-18-37/h8-14H,5-7,15-21H2,1-4H3,(H,33,41)(H,34,35,40). The summed E-state index contributed by atoms with van der Waals surface area (Å²) in [6.45, 7) is 10.5. The fraction of sp³-hybridized carbons (Fsp3) is 0.438. The van der Waals surface area contributed by atoms with Gasteiger partial charge in [0.25, 0.3) is 5.91 Å². The van der Waals surface area contributed by atoms with Gasteiger partial charge in [0.1, 0.15) is 0 Å². The minimum absolute atomic E-state index is 0.154. The largest absolute Gasteiger partial charge is 0.448 e. The highest BCUT2D eigenvalue weighted by molar-refractivity contribution is 6.04. The zero-order valence-electron chi connectivity index (χ0n) is 25.5. The van der Waals surface area contributed by atoms with E-state index in [1.807, 2.05) is 37.3 Å². The normalized spacial score (nSPS) is 14.9. The van der Waals surface area contributed by atoms with E-state index >= 15 is 0 Å². The van der Waals surface area contributed by atoms with Gasteiger partial charge in [0.2, 0.25) is 0 Å². The van der Waals surface area contributed by atoms with E-state index in [1.165, 1.54) is 4.68 Å². The van der Waals surface area contributed by atoms with Crippen molar-refractivity contribution >= 4 is 35.2 Å². The number of urea groups is 1. The van der Waals surface area contributed by atoms with Gasteiger partial charge in [-0.15, -0.1) is 5.10 Å². The van der Waals surface area contributed by atoms with Crippen molar-refractivity contribution in [3.8, 4) is 0 Å². The second-order valence-corrected chi connectivity index (χ2v) is 11.0. The van der Waals surface area contributed by atoms with Gasteiger partial charge in [-0.2, -0.15) is 4.68 Å². The molecule has 0 radical (unpaired) electrons. The fourth-order valence-corrected chi connectivity index (χ4v) is 5.54. The van der Waals surface area contributed by atoms with Crippen molar-refractivity contribution in [2.75, 3.05) is 55.4 Å². The van der Waals surface area contributed by atoms with E-state index in [9.17, 15) is 14.4 Å². The summed E-state index contributed by atoms with van der Waals surface area (Å²) in [5.41, 5.74) is 5.64. The Labute approximate surface area is 252 Å². The number of fused-ring (bicyclic) bond motifs is 1. The molecule has 0 atom stereocenters. The van der Waals surface area contributed by atoms with Crippen molar-refractivity contribution in [3.63, 3.8) is 0 Å². The molecular weight excluding hydrogens is 546 g/mol. The second kappa shape index (κ2) is 13.3. The van der Waals surface area contributed by atoms with Crippen molar-refractivity contribution in [1.82, 2.24) is 19.6 Å². The summed E-state index contributed by atoms with van der Waals surface area (Å²) in [5.74, 6) is -0.0956. The third-order valence-corrected chi connectivity index (χ3v) is 8.13. The summed E-state index contributed by atoms with van der Waals surface area (Å²) < 4.78 is 6.53. The van der Waals surface area contributed by atoms with Gasteiger partial charge < -0.3 is 30.1 Å². The third kappa shape index (κ3) is 6.51. The predicted octanol–water partition coefficient (Wildman–Crippen LogP) is 4.95. The maximum Gasteiger partial charge on any atom is 0.435 e. The van der Waals surface area contributed by atoms with Crippen LogP contribution in [0, 0.1) is 0 Å². The number of anilines is 3. The van der Waals surface area contributed by atoms with Gasteiger partial charge in [-0.25, -0.2) is 9.59 Å². The first-order chi connectivity index (χ1) is 20.8. The molecule has 0 unspecified atom stereocenters. The summed E-state index contributed by atoms with van der Waals surface area (Å²) >= 11 is 0. The monoisotopic (exact) mass is 587 g/mol. The Morgan fingerprint density at radius 3 is 2.19 bits per heavy atom. The number of amides is 3. The Balaban J connectivity index is 1.34. The van der Waals surface area contributed by atoms with Gasteiger partial charge in [-0.1, -0.05) is 39.0 Å². The van der Waals surface area contributed by atoms with Crippen LogP contribution in [0.4, 0.5) is 26.8 Å². The number of hydrogen-bond donors (Lipinski definition) is 2. The molecule has 5 rings (SSSR count). The lowest BCUT2D eigenvalue weighted by Crippen LogP contribution is -2.44. The van der Waals surface area contributed by atoms with Crippen LogP contribution in [0.2, 0.25) is 0 Å². The highest BCUT2D eigenvalue weighted by atomic mass is 16.6. The number of nitrogens with zero attached hydrogens (tertiary/aromatic N) is 5. The third-order valence-electron chi connectivity index (χ3n) is 8.13. The van der Waals surface area contributed by atoms with E-state index in [2.05, 4.69) is 46.4 Å². The van der Waals surface area contributed by atoms with Crippen molar-refractivity contribution in [2.45, 2.75) is 53.1 Å². The molecule has 3 heterocycles. The molecule has 3 aromatic rings. The number of hydrogen-bond acceptors (Lipinski definition) is 7. The Hall–Kier alpha value is -4.38. The summed E-state index contributed by atoms with van der Waals surface area (Å²) in [4.78, 5) is 45.9. The second-order valence-electron chi connectivity index (χ2n) is 11.0. The average molecular weight is 588 g/mol. The Bertz CT molecular complexity index is 1450. The van der Waals surface area contributed by atoms with E-state index in [-0.39, 0.29) is 37.5 Å². The topological polar surface area (TPSA) is 112 Å². The van der Waals surface area contributed by atoms with E-state index in [0.29, 0.717) is 23.2 Å². The van der Waals surface area contributed by atoms with Gasteiger partial charge in [0, 0.05) is 48.7 Å². The van der Waals surface area contributed by atoms with Crippen LogP contribution in [-0.2, 0) is 30.7 Å². The highest BCUT2D eigenvalue weighted by Gasteiger charge is 2.34. The zero-order valence-corrected chi connectivity index (χ0v) is 25.5. The summed E-state index contributed by atoms with van der Waals surface area (Å²) in [6.07, 6.45) is 1.60.